The Bertz CT molecular complexity index is 973. The minimum absolute atomic E-state index is 0.458. The van der Waals surface area contributed by atoms with Gasteiger partial charge in [0.05, 0.1) is 0 Å². The molecule has 0 heterocycles. The fourth-order valence-electron chi connectivity index (χ4n) is 7.19. The molecule has 136 valence electrons. The van der Waals surface area contributed by atoms with Crippen LogP contribution in [0.5, 0.6) is 0 Å². The van der Waals surface area contributed by atoms with Gasteiger partial charge in [0, 0.05) is 0 Å². The van der Waals surface area contributed by atoms with Gasteiger partial charge in [-0.1, -0.05) is 66.2 Å². The zero-order chi connectivity index (χ0) is 18.0. The summed E-state index contributed by atoms with van der Waals surface area (Å²) in [7, 11) is 0. The van der Waals surface area contributed by atoms with Crippen molar-refractivity contribution >= 4 is 10.8 Å². The van der Waals surface area contributed by atoms with Crippen molar-refractivity contribution in [2.75, 3.05) is 0 Å². The molecule has 7 rings (SSSR count). The summed E-state index contributed by atoms with van der Waals surface area (Å²) in [6.07, 6.45) is 8.85. The molecular formula is C27H28. The van der Waals surface area contributed by atoms with Gasteiger partial charge >= 0.3 is 0 Å². The molecule has 0 aliphatic heterocycles. The van der Waals surface area contributed by atoms with Crippen molar-refractivity contribution in [3.63, 3.8) is 0 Å². The second-order valence-corrected chi connectivity index (χ2v) is 9.77. The molecule has 0 spiro atoms. The van der Waals surface area contributed by atoms with E-state index in [0.717, 1.165) is 17.8 Å². The molecule has 4 fully saturated rings. The Morgan fingerprint density at radius 2 is 1.26 bits per heavy atom. The first kappa shape index (κ1) is 15.9. The molecule has 0 unspecified atom stereocenters. The van der Waals surface area contributed by atoms with Crippen LogP contribution in [-0.4, -0.2) is 0 Å². The number of hydrogen-bond acceptors (Lipinski definition) is 0. The normalized spacial score (nSPS) is 31.5. The van der Waals surface area contributed by atoms with Crippen LogP contribution in [-0.2, 0) is 5.41 Å². The highest BCUT2D eigenvalue weighted by molar-refractivity contribution is 5.99. The number of rotatable bonds is 2. The van der Waals surface area contributed by atoms with Gasteiger partial charge in [0.2, 0.25) is 0 Å². The van der Waals surface area contributed by atoms with Gasteiger partial charge in [-0.3, -0.25) is 0 Å². The van der Waals surface area contributed by atoms with Crippen LogP contribution in [0.15, 0.2) is 60.7 Å². The highest BCUT2D eigenvalue weighted by Gasteiger charge is 2.51. The topological polar surface area (TPSA) is 0 Å². The van der Waals surface area contributed by atoms with E-state index in [9.17, 15) is 0 Å². The first-order valence-corrected chi connectivity index (χ1v) is 10.8. The van der Waals surface area contributed by atoms with Crippen LogP contribution in [0.4, 0.5) is 0 Å². The summed E-state index contributed by atoms with van der Waals surface area (Å²) < 4.78 is 0. The summed E-state index contributed by atoms with van der Waals surface area (Å²) in [4.78, 5) is 0. The molecular weight excluding hydrogens is 324 g/mol. The van der Waals surface area contributed by atoms with Crippen molar-refractivity contribution in [1.29, 1.82) is 0 Å². The van der Waals surface area contributed by atoms with Crippen LogP contribution in [0.3, 0.4) is 0 Å². The maximum atomic E-state index is 2.50. The van der Waals surface area contributed by atoms with Crippen LogP contribution in [0.25, 0.3) is 21.9 Å². The third-order valence-electron chi connectivity index (χ3n) is 7.90. The van der Waals surface area contributed by atoms with E-state index in [-0.39, 0.29) is 0 Å². The lowest BCUT2D eigenvalue weighted by molar-refractivity contribution is -0.00449. The van der Waals surface area contributed by atoms with Gasteiger partial charge in [0.25, 0.3) is 0 Å². The zero-order valence-corrected chi connectivity index (χ0v) is 16.2. The van der Waals surface area contributed by atoms with E-state index in [2.05, 4.69) is 67.6 Å². The molecule has 4 aliphatic carbocycles. The minimum Gasteiger partial charge on any atom is -0.0616 e. The second-order valence-electron chi connectivity index (χ2n) is 9.77. The van der Waals surface area contributed by atoms with Gasteiger partial charge < -0.3 is 0 Å². The Balaban J connectivity index is 1.54. The number of fused-ring (bicyclic) bond motifs is 1. The molecule has 0 heteroatoms. The SMILES string of the molecule is Cc1ccc(-c2ccc(C34CC5CC(CC(C5)C3)C4)c3ccccc23)cc1. The van der Waals surface area contributed by atoms with Gasteiger partial charge in [-0.15, -0.1) is 0 Å². The molecule has 0 saturated heterocycles. The molecule has 0 aromatic heterocycles. The number of benzene rings is 3. The molecule has 3 aromatic carbocycles. The highest BCUT2D eigenvalue weighted by atomic mass is 14.6. The van der Waals surface area contributed by atoms with Gasteiger partial charge in [-0.05, 0) is 96.1 Å². The van der Waals surface area contributed by atoms with Crippen molar-refractivity contribution in [3.8, 4) is 11.1 Å². The third-order valence-corrected chi connectivity index (χ3v) is 7.90. The van der Waals surface area contributed by atoms with Gasteiger partial charge in [0.1, 0.15) is 0 Å². The standard InChI is InChI=1S/C27H28/c1-18-6-8-22(9-7-18)23-10-11-26(25-5-3-2-4-24(23)25)27-15-19-12-20(16-27)14-21(13-19)17-27/h2-11,19-21H,12-17H2,1H3. The summed E-state index contributed by atoms with van der Waals surface area (Å²) in [5.74, 6) is 2.98. The first-order valence-electron chi connectivity index (χ1n) is 10.8. The molecule has 0 amide bonds. The van der Waals surface area contributed by atoms with Crippen molar-refractivity contribution in [2.45, 2.75) is 50.9 Å². The smallest absolute Gasteiger partial charge is 0.00329 e. The lowest BCUT2D eigenvalue weighted by Crippen LogP contribution is -2.48. The largest absolute Gasteiger partial charge is 0.0616 e. The van der Waals surface area contributed by atoms with Crippen molar-refractivity contribution in [2.24, 2.45) is 17.8 Å². The van der Waals surface area contributed by atoms with Crippen LogP contribution in [0, 0.1) is 24.7 Å². The number of aryl methyl sites for hydroxylation is 1. The lowest BCUT2D eigenvalue weighted by atomic mass is 9.47. The van der Waals surface area contributed by atoms with Crippen LogP contribution < -0.4 is 0 Å². The van der Waals surface area contributed by atoms with Crippen LogP contribution >= 0.6 is 0 Å². The first-order chi connectivity index (χ1) is 13.2. The Hall–Kier alpha value is -2.08. The molecule has 27 heavy (non-hydrogen) atoms. The van der Waals surface area contributed by atoms with E-state index < -0.39 is 0 Å². The fraction of sp³-hybridized carbons (Fsp3) is 0.407. The average Bonchev–Trinajstić information content (AvgIpc) is 2.67. The summed E-state index contributed by atoms with van der Waals surface area (Å²) in [5, 5.41) is 2.95. The van der Waals surface area contributed by atoms with E-state index in [0.29, 0.717) is 5.41 Å². The van der Waals surface area contributed by atoms with Crippen LogP contribution in [0.2, 0.25) is 0 Å². The molecule has 0 nitrogen and oxygen atoms in total. The van der Waals surface area contributed by atoms with Gasteiger partial charge in [-0.2, -0.15) is 0 Å². The molecule has 3 aromatic rings. The second kappa shape index (κ2) is 5.71. The Kier molecular flexibility index (Phi) is 3.37. The van der Waals surface area contributed by atoms with Crippen molar-refractivity contribution in [1.82, 2.24) is 0 Å². The summed E-state index contributed by atoms with van der Waals surface area (Å²) in [6, 6.07) is 23.1. The quantitative estimate of drug-likeness (QED) is 0.454. The molecule has 4 aliphatic rings. The lowest BCUT2D eigenvalue weighted by Gasteiger charge is -2.57. The number of hydrogen-bond donors (Lipinski definition) is 0. The Labute approximate surface area is 162 Å². The molecule has 4 bridgehead atoms. The van der Waals surface area contributed by atoms with Crippen molar-refractivity contribution in [3.05, 3.63) is 71.8 Å². The summed E-state index contributed by atoms with van der Waals surface area (Å²) in [5.41, 5.74) is 6.18. The maximum Gasteiger partial charge on any atom is -0.00329 e. The molecule has 0 N–H and O–H groups in total. The van der Waals surface area contributed by atoms with Crippen molar-refractivity contribution < 1.29 is 0 Å². The fourth-order valence-corrected chi connectivity index (χ4v) is 7.19. The molecule has 0 radical (unpaired) electrons. The van der Waals surface area contributed by atoms with Crippen LogP contribution in [0.1, 0.15) is 49.7 Å². The summed E-state index contributed by atoms with van der Waals surface area (Å²) >= 11 is 0. The third kappa shape index (κ3) is 2.42. The van der Waals surface area contributed by atoms with Gasteiger partial charge in [0.15, 0.2) is 0 Å². The molecule has 0 atom stereocenters. The van der Waals surface area contributed by atoms with E-state index in [4.69, 9.17) is 0 Å². The van der Waals surface area contributed by atoms with Gasteiger partial charge in [-0.25, -0.2) is 0 Å². The predicted octanol–water partition coefficient (Wildman–Crippen LogP) is 7.28. The van der Waals surface area contributed by atoms with E-state index in [1.807, 2.05) is 0 Å². The van der Waals surface area contributed by atoms with E-state index >= 15 is 0 Å². The summed E-state index contributed by atoms with van der Waals surface area (Å²) in [6.45, 7) is 2.16. The average molecular weight is 353 g/mol. The predicted molar refractivity (Wildman–Crippen MR) is 114 cm³/mol. The Morgan fingerprint density at radius 3 is 1.89 bits per heavy atom. The minimum atomic E-state index is 0.458. The maximum absolute atomic E-state index is 2.50. The monoisotopic (exact) mass is 352 g/mol. The van der Waals surface area contributed by atoms with E-state index in [1.54, 1.807) is 5.56 Å². The highest BCUT2D eigenvalue weighted by Crippen LogP contribution is 2.61. The Morgan fingerprint density at radius 1 is 0.667 bits per heavy atom. The van der Waals surface area contributed by atoms with E-state index in [1.165, 1.54) is 66.0 Å². The zero-order valence-electron chi connectivity index (χ0n) is 16.2. The molecule has 4 saturated carbocycles.